The maximum atomic E-state index is 14.1. The summed E-state index contributed by atoms with van der Waals surface area (Å²) >= 11 is 0. The van der Waals surface area contributed by atoms with Gasteiger partial charge in [0.25, 0.3) is 0 Å². The van der Waals surface area contributed by atoms with Crippen molar-refractivity contribution >= 4 is 46.6 Å². The van der Waals surface area contributed by atoms with E-state index in [2.05, 4.69) is 10.6 Å². The molecule has 3 saturated carbocycles. The maximum Gasteiger partial charge on any atom is 0.303 e. The summed E-state index contributed by atoms with van der Waals surface area (Å²) in [6.45, 7) is 1.58. The number of aliphatic hydroxyl groups excluding tert-OH is 1. The Morgan fingerprint density at radius 1 is 1.11 bits per heavy atom. The molecule has 1 aromatic carbocycles. The first-order valence-electron chi connectivity index (χ1n) is 14.7. The monoisotopic (exact) mass is 628 g/mol. The average Bonchev–Trinajstić information content (AvgIpc) is 3.78. The number of hydrogen-bond donors (Lipinski definition) is 7. The van der Waals surface area contributed by atoms with Crippen molar-refractivity contribution in [3.05, 3.63) is 23.3 Å². The van der Waals surface area contributed by atoms with E-state index in [4.69, 9.17) is 10.8 Å². The molecule has 4 aliphatic carbocycles. The number of anilines is 1. The number of hydrogen-bond acceptors (Lipinski definition) is 12. The molecule has 9 atom stereocenters. The maximum absolute atomic E-state index is 14.1. The van der Waals surface area contributed by atoms with Crippen LogP contribution in [0, 0.1) is 23.7 Å². The number of Topliss-reactive ketones (excluding diaryl/α,β-unsaturated/α-hetero) is 4. The number of aromatic hydroxyl groups is 1. The Morgan fingerprint density at radius 2 is 1.76 bits per heavy atom. The lowest BCUT2D eigenvalue weighted by molar-refractivity contribution is -0.196. The van der Waals surface area contributed by atoms with Crippen LogP contribution in [0.1, 0.15) is 54.4 Å². The molecule has 0 heterocycles. The van der Waals surface area contributed by atoms with Crippen LogP contribution in [-0.4, -0.2) is 110 Å². The summed E-state index contributed by atoms with van der Waals surface area (Å²) in [6.07, 6.45) is -0.461. The third kappa shape index (κ3) is 5.03. The number of primary amides is 1. The quantitative estimate of drug-likeness (QED) is 0.119. The number of nitrogens with one attached hydrogen (secondary N) is 2. The van der Waals surface area contributed by atoms with Crippen LogP contribution in [-0.2, 0) is 28.8 Å². The van der Waals surface area contributed by atoms with Gasteiger partial charge in [0.1, 0.15) is 5.75 Å². The van der Waals surface area contributed by atoms with Gasteiger partial charge >= 0.3 is 5.97 Å². The van der Waals surface area contributed by atoms with E-state index in [-0.39, 0.29) is 35.7 Å². The van der Waals surface area contributed by atoms with E-state index in [1.807, 2.05) is 0 Å². The topological polar surface area (TPSA) is 254 Å². The van der Waals surface area contributed by atoms with Crippen molar-refractivity contribution in [3.63, 3.8) is 0 Å². The number of fused-ring (bicyclic) bond motifs is 3. The predicted molar refractivity (Wildman–Crippen MR) is 153 cm³/mol. The van der Waals surface area contributed by atoms with E-state index in [1.54, 1.807) is 6.92 Å². The second kappa shape index (κ2) is 11.4. The highest BCUT2D eigenvalue weighted by Gasteiger charge is 2.72. The summed E-state index contributed by atoms with van der Waals surface area (Å²) in [7, 11) is 2.82. The number of phenols is 1. The fourth-order valence-corrected chi connectivity index (χ4v) is 7.40. The highest BCUT2D eigenvalue weighted by molar-refractivity contribution is 6.32. The molecule has 0 spiro atoms. The number of rotatable bonds is 9. The fourth-order valence-electron chi connectivity index (χ4n) is 7.40. The molecule has 5 rings (SSSR count). The second-order valence-corrected chi connectivity index (χ2v) is 12.7. The minimum absolute atomic E-state index is 0.0357. The van der Waals surface area contributed by atoms with Gasteiger partial charge in [0.2, 0.25) is 11.8 Å². The van der Waals surface area contributed by atoms with Crippen LogP contribution in [0.2, 0.25) is 0 Å². The van der Waals surface area contributed by atoms with Crippen LogP contribution < -0.4 is 16.4 Å². The summed E-state index contributed by atoms with van der Waals surface area (Å²) in [6, 6.07) is 0.433. The van der Waals surface area contributed by atoms with Gasteiger partial charge in [-0.15, -0.1) is 0 Å². The van der Waals surface area contributed by atoms with E-state index in [1.165, 1.54) is 31.1 Å². The highest BCUT2D eigenvalue weighted by atomic mass is 16.4. The van der Waals surface area contributed by atoms with Crippen LogP contribution >= 0.6 is 0 Å². The van der Waals surface area contributed by atoms with Crippen LogP contribution in [0.25, 0.3) is 0 Å². The van der Waals surface area contributed by atoms with E-state index >= 15 is 0 Å². The van der Waals surface area contributed by atoms with Gasteiger partial charge in [-0.3, -0.25) is 38.5 Å². The Bertz CT molecular complexity index is 1520. The number of nitrogens with zero attached hydrogens (tertiary/aromatic N) is 1. The zero-order valence-corrected chi connectivity index (χ0v) is 24.9. The lowest BCUT2D eigenvalue weighted by Crippen LogP contribution is -2.77. The lowest BCUT2D eigenvalue weighted by Gasteiger charge is -2.56. The molecule has 0 bridgehead atoms. The van der Waals surface area contributed by atoms with Gasteiger partial charge in [-0.1, -0.05) is 13.0 Å². The van der Waals surface area contributed by atoms with Crippen molar-refractivity contribution in [1.82, 2.24) is 10.2 Å². The molecule has 2 amide bonds. The molecule has 0 aromatic heterocycles. The zero-order chi connectivity index (χ0) is 33.3. The Kier molecular flexibility index (Phi) is 8.19. The number of ketones is 4. The molecule has 0 saturated heterocycles. The van der Waals surface area contributed by atoms with E-state index in [0.29, 0.717) is 0 Å². The smallest absolute Gasteiger partial charge is 0.303 e. The molecule has 4 aliphatic rings. The minimum Gasteiger partial charge on any atom is -0.505 e. The number of carboxylic acids is 1. The number of nitrogens with two attached hydrogens (primary N) is 1. The predicted octanol–water partition coefficient (Wildman–Crippen LogP) is -1.68. The summed E-state index contributed by atoms with van der Waals surface area (Å²) in [5.41, 5.74) is 1.86. The summed E-state index contributed by atoms with van der Waals surface area (Å²) in [4.78, 5) is 92.5. The van der Waals surface area contributed by atoms with Crippen LogP contribution in [0.5, 0.6) is 5.75 Å². The van der Waals surface area contributed by atoms with Crippen LogP contribution in [0.15, 0.2) is 12.1 Å². The van der Waals surface area contributed by atoms with Crippen molar-refractivity contribution < 1.29 is 54.0 Å². The number of carbonyl (C=O) groups excluding carboxylic acids is 6. The van der Waals surface area contributed by atoms with Gasteiger partial charge < -0.3 is 36.8 Å². The van der Waals surface area contributed by atoms with E-state index in [0.717, 1.165) is 12.8 Å². The Hall–Kier alpha value is -4.05. The number of carbonyl (C=O) groups is 7. The minimum atomic E-state index is -3.12. The van der Waals surface area contributed by atoms with Crippen LogP contribution in [0.3, 0.4) is 0 Å². The van der Waals surface area contributed by atoms with Crippen molar-refractivity contribution in [2.24, 2.45) is 29.4 Å². The third-order valence-corrected chi connectivity index (χ3v) is 9.73. The Labute approximate surface area is 257 Å². The first-order valence-corrected chi connectivity index (χ1v) is 14.7. The first-order chi connectivity index (χ1) is 21.0. The number of aliphatic carboxylic acids is 1. The molecule has 45 heavy (non-hydrogen) atoms. The molecule has 7 unspecified atom stereocenters. The van der Waals surface area contributed by atoms with Gasteiger partial charge in [-0.2, -0.15) is 0 Å². The van der Waals surface area contributed by atoms with Crippen molar-refractivity contribution in [2.45, 2.75) is 68.4 Å². The fraction of sp³-hybridized carbons (Fsp3) is 0.567. The molecule has 15 heteroatoms. The molecular weight excluding hydrogens is 592 g/mol. The molecule has 0 radical (unpaired) electrons. The number of phenolic OH excluding ortho intramolecular Hbond substituents is 1. The number of likely N-dealkylation sites (N-methyl/N-ethyl adjacent to an activating group) is 1. The third-order valence-electron chi connectivity index (χ3n) is 9.73. The number of benzene rings is 1. The summed E-state index contributed by atoms with van der Waals surface area (Å²) in [5, 5.41) is 49.3. The molecule has 242 valence electrons. The first kappa shape index (κ1) is 32.3. The molecule has 8 N–H and O–H groups in total. The van der Waals surface area contributed by atoms with Crippen molar-refractivity contribution in [3.8, 4) is 5.75 Å². The lowest BCUT2D eigenvalue weighted by atomic mass is 9.49. The summed E-state index contributed by atoms with van der Waals surface area (Å²) < 4.78 is 0. The Morgan fingerprint density at radius 3 is 2.31 bits per heavy atom. The zero-order valence-electron chi connectivity index (χ0n) is 24.9. The normalized spacial score (nSPS) is 33.2. The van der Waals surface area contributed by atoms with Gasteiger partial charge in [0.15, 0.2) is 34.7 Å². The molecule has 3 fully saturated rings. The molecule has 1 aromatic rings. The van der Waals surface area contributed by atoms with E-state index < -0.39 is 100 Å². The number of amides is 2. The largest absolute Gasteiger partial charge is 0.505 e. The highest BCUT2D eigenvalue weighted by Crippen LogP contribution is 2.55. The molecule has 0 aliphatic heterocycles. The van der Waals surface area contributed by atoms with Crippen LogP contribution in [0.4, 0.5) is 5.69 Å². The van der Waals surface area contributed by atoms with Gasteiger partial charge in [0, 0.05) is 18.4 Å². The van der Waals surface area contributed by atoms with Crippen molar-refractivity contribution in [2.75, 3.05) is 19.4 Å². The standard InChI is InChI=1S/C30H36N4O11/c1-10-12-6-7-13(33-29(44)14(8-9-15(35)36)32-11-4-5-11)22(37)17(12)23(38)18-16(10)24(39)20-21(34(2)3)25(40)19(28(31)43)27(42)30(20,45)26(18)41/h6-7,10-11,14,16,18-21,24,32,37,39,45H,4-5,8-9H2,1-3H3,(H2,31,43)(H,33,44)(H,35,36)/t10?,14?,16?,18?,19?,20?,21-,24?,30-/m0/s1. The number of aliphatic hydroxyl groups is 2. The molecule has 15 nitrogen and oxygen atoms in total. The Balaban J connectivity index is 1.54. The van der Waals surface area contributed by atoms with Crippen molar-refractivity contribution in [1.29, 1.82) is 0 Å². The SMILES string of the molecule is CC1c2ccc(NC(=O)C(CCC(=O)O)NC3CC3)c(O)c2C(=O)C2C(=O)[C@]3(O)C(=O)C(C(N)=O)C(=O)[C@@H](N(C)C)C3C(O)C21. The van der Waals surface area contributed by atoms with Gasteiger partial charge in [0.05, 0.1) is 41.3 Å². The number of carboxylic acid groups (broad SMARTS) is 1. The van der Waals surface area contributed by atoms with Gasteiger partial charge in [-0.05, 0) is 50.9 Å². The summed E-state index contributed by atoms with van der Waals surface area (Å²) in [5.74, 6) is -16.5. The molecular formula is C30H36N4O11. The van der Waals surface area contributed by atoms with E-state index in [9.17, 15) is 48.9 Å². The van der Waals surface area contributed by atoms with Gasteiger partial charge in [-0.25, -0.2) is 0 Å². The average molecular weight is 629 g/mol. The second-order valence-electron chi connectivity index (χ2n) is 12.7.